The molecule has 0 spiro atoms. The molecule has 0 bridgehead atoms. The number of carbonyl (C=O) groups excluding carboxylic acids is 1. The van der Waals surface area contributed by atoms with Crippen LogP contribution in [0.4, 0.5) is 4.79 Å². The van der Waals surface area contributed by atoms with E-state index >= 15 is 0 Å². The van der Waals surface area contributed by atoms with Gasteiger partial charge in [0.25, 0.3) is 0 Å². The molecule has 0 radical (unpaired) electrons. The van der Waals surface area contributed by atoms with Crippen LogP contribution in [0.2, 0.25) is 0 Å². The average molecular weight is 482 g/mol. The lowest BCUT2D eigenvalue weighted by Crippen LogP contribution is -2.27. The highest BCUT2D eigenvalue weighted by molar-refractivity contribution is 6.17. The summed E-state index contributed by atoms with van der Waals surface area (Å²) < 4.78 is 19.2. The molecule has 0 aliphatic heterocycles. The number of hydrogen-bond donors (Lipinski definition) is 0. The van der Waals surface area contributed by atoms with Gasteiger partial charge >= 0.3 is 6.09 Å². The van der Waals surface area contributed by atoms with E-state index in [9.17, 15) is 4.79 Å². The molecule has 0 aliphatic rings. The van der Waals surface area contributed by atoms with Gasteiger partial charge in [0.05, 0.1) is 29.5 Å². The highest BCUT2D eigenvalue weighted by Gasteiger charge is 2.26. The molecule has 7 heteroatoms. The van der Waals surface area contributed by atoms with Gasteiger partial charge < -0.3 is 14.2 Å². The van der Waals surface area contributed by atoms with Gasteiger partial charge in [0.15, 0.2) is 11.5 Å². The van der Waals surface area contributed by atoms with E-state index in [1.54, 1.807) is 24.1 Å². The first-order valence-electron chi connectivity index (χ1n) is 11.7. The molecule has 182 valence electrons. The molecule has 3 aromatic heterocycles. The third kappa shape index (κ3) is 4.47. The van der Waals surface area contributed by atoms with E-state index in [1.165, 1.54) is 0 Å². The van der Waals surface area contributed by atoms with Crippen LogP contribution in [0.25, 0.3) is 33.2 Å². The van der Waals surface area contributed by atoms with E-state index in [2.05, 4.69) is 9.97 Å². The van der Waals surface area contributed by atoms with Crippen LogP contribution in [-0.4, -0.2) is 33.3 Å². The van der Waals surface area contributed by atoms with Crippen LogP contribution in [0.5, 0.6) is 11.5 Å². The summed E-state index contributed by atoms with van der Waals surface area (Å²) in [4.78, 5) is 22.6. The fourth-order valence-electron chi connectivity index (χ4n) is 4.18. The smallest absolute Gasteiger partial charge is 0.419 e. The van der Waals surface area contributed by atoms with Crippen molar-refractivity contribution in [3.8, 4) is 22.9 Å². The molecule has 0 atom stereocenters. The van der Waals surface area contributed by atoms with Crippen molar-refractivity contribution in [2.45, 2.75) is 33.0 Å². The van der Waals surface area contributed by atoms with Gasteiger partial charge in [-0.25, -0.2) is 9.36 Å². The number of hydrogen-bond acceptors (Lipinski definition) is 6. The second-order valence-electron chi connectivity index (χ2n) is 9.38. The summed E-state index contributed by atoms with van der Waals surface area (Å²) in [7, 11) is 1.60. The Morgan fingerprint density at radius 3 is 2.36 bits per heavy atom. The third-order valence-corrected chi connectivity index (χ3v) is 5.68. The van der Waals surface area contributed by atoms with Gasteiger partial charge in [0.1, 0.15) is 12.2 Å². The molecule has 36 heavy (non-hydrogen) atoms. The predicted molar refractivity (Wildman–Crippen MR) is 139 cm³/mol. The minimum absolute atomic E-state index is 0.357. The third-order valence-electron chi connectivity index (χ3n) is 5.68. The van der Waals surface area contributed by atoms with Crippen molar-refractivity contribution in [3.05, 3.63) is 84.7 Å². The number of benzene rings is 2. The Morgan fingerprint density at radius 2 is 1.67 bits per heavy atom. The summed E-state index contributed by atoms with van der Waals surface area (Å²) in [6.07, 6.45) is 2.91. The molecule has 0 aliphatic carbocycles. The van der Waals surface area contributed by atoms with Gasteiger partial charge in [-0.1, -0.05) is 36.4 Å². The zero-order chi connectivity index (χ0) is 25.3. The fourth-order valence-corrected chi connectivity index (χ4v) is 4.18. The van der Waals surface area contributed by atoms with Gasteiger partial charge in [-0.05, 0) is 50.6 Å². The minimum atomic E-state index is -0.671. The van der Waals surface area contributed by atoms with Gasteiger partial charge in [0.2, 0.25) is 0 Å². The Balaban J connectivity index is 1.75. The molecule has 0 saturated heterocycles. The summed E-state index contributed by atoms with van der Waals surface area (Å²) in [5.74, 6) is 1.08. The average Bonchev–Trinajstić information content (AvgIpc) is 3.20. The van der Waals surface area contributed by atoms with E-state index in [4.69, 9.17) is 14.2 Å². The van der Waals surface area contributed by atoms with Crippen molar-refractivity contribution in [2.75, 3.05) is 7.11 Å². The van der Waals surface area contributed by atoms with E-state index in [0.717, 1.165) is 16.3 Å². The van der Waals surface area contributed by atoms with Crippen LogP contribution < -0.4 is 9.47 Å². The molecule has 2 aromatic carbocycles. The Hall–Kier alpha value is -4.39. The number of nitrogens with zero attached hydrogens (tertiary/aromatic N) is 3. The molecule has 0 fully saturated rings. The monoisotopic (exact) mass is 481 g/mol. The van der Waals surface area contributed by atoms with Crippen molar-refractivity contribution in [2.24, 2.45) is 0 Å². The minimum Gasteiger partial charge on any atom is -0.493 e. The first-order chi connectivity index (χ1) is 17.4. The standard InChI is InChI=1S/C29H27N3O4/c1-29(2,3)36-28(33)32-22-13-15-31-27(21-12-8-9-14-30-21)26(22)20-16-24(34-4)25(17-23(20)32)35-18-19-10-6-5-7-11-19/h5-17H,18H2,1-4H3. The quantitative estimate of drug-likeness (QED) is 0.281. The number of ether oxygens (including phenoxy) is 3. The van der Waals surface area contributed by atoms with Crippen molar-refractivity contribution >= 4 is 27.9 Å². The van der Waals surface area contributed by atoms with Crippen LogP contribution in [-0.2, 0) is 11.3 Å². The maximum atomic E-state index is 13.5. The Kier molecular flexibility index (Phi) is 6.06. The number of rotatable bonds is 5. The highest BCUT2D eigenvalue weighted by atomic mass is 16.6. The Labute approximate surface area is 209 Å². The second-order valence-corrected chi connectivity index (χ2v) is 9.38. The highest BCUT2D eigenvalue weighted by Crippen LogP contribution is 2.41. The summed E-state index contributed by atoms with van der Waals surface area (Å²) in [6.45, 7) is 5.89. The van der Waals surface area contributed by atoms with Crippen molar-refractivity contribution < 1.29 is 19.0 Å². The number of carbonyl (C=O) groups is 1. The zero-order valence-corrected chi connectivity index (χ0v) is 20.7. The molecule has 5 aromatic rings. The van der Waals surface area contributed by atoms with E-state index < -0.39 is 11.7 Å². The normalized spacial score (nSPS) is 11.6. The number of fused-ring (bicyclic) bond motifs is 3. The van der Waals surface area contributed by atoms with Gasteiger partial charge in [-0.2, -0.15) is 0 Å². The summed E-state index contributed by atoms with van der Waals surface area (Å²) in [5, 5.41) is 1.57. The first kappa shape index (κ1) is 23.4. The fraction of sp³-hybridized carbons (Fsp3) is 0.207. The molecule has 0 saturated carbocycles. The van der Waals surface area contributed by atoms with Crippen LogP contribution in [0, 0.1) is 0 Å². The second kappa shape index (κ2) is 9.34. The molecule has 7 nitrogen and oxygen atoms in total. The van der Waals surface area contributed by atoms with Crippen LogP contribution in [0.3, 0.4) is 0 Å². The van der Waals surface area contributed by atoms with Gasteiger partial charge in [-0.15, -0.1) is 0 Å². The summed E-state index contributed by atoms with van der Waals surface area (Å²) in [5.41, 5.74) is 3.02. The largest absolute Gasteiger partial charge is 0.493 e. The molecule has 0 amide bonds. The molecule has 3 heterocycles. The van der Waals surface area contributed by atoms with Crippen LogP contribution in [0.1, 0.15) is 26.3 Å². The lowest BCUT2D eigenvalue weighted by molar-refractivity contribution is 0.0551. The van der Waals surface area contributed by atoms with Crippen molar-refractivity contribution in [1.29, 1.82) is 0 Å². The van der Waals surface area contributed by atoms with Gasteiger partial charge in [-0.3, -0.25) is 9.97 Å². The molecular formula is C29H27N3O4. The number of methoxy groups -OCH3 is 1. The van der Waals surface area contributed by atoms with Crippen molar-refractivity contribution in [1.82, 2.24) is 14.5 Å². The summed E-state index contributed by atoms with van der Waals surface area (Å²) >= 11 is 0. The maximum absolute atomic E-state index is 13.5. The van der Waals surface area contributed by atoms with Crippen molar-refractivity contribution in [3.63, 3.8) is 0 Å². The summed E-state index contributed by atoms with van der Waals surface area (Å²) in [6, 6.07) is 21.0. The van der Waals surface area contributed by atoms with Crippen LogP contribution >= 0.6 is 0 Å². The zero-order valence-electron chi connectivity index (χ0n) is 20.7. The maximum Gasteiger partial charge on any atom is 0.419 e. The van der Waals surface area contributed by atoms with Crippen LogP contribution in [0.15, 0.2) is 79.1 Å². The number of pyridine rings is 2. The first-order valence-corrected chi connectivity index (χ1v) is 11.7. The molecule has 0 N–H and O–H groups in total. The van der Waals surface area contributed by atoms with E-state index in [-0.39, 0.29) is 0 Å². The molecule has 5 rings (SSSR count). The Bertz CT molecular complexity index is 1540. The predicted octanol–water partition coefficient (Wildman–Crippen LogP) is 6.62. The van der Waals surface area contributed by atoms with E-state index in [1.807, 2.05) is 87.5 Å². The number of aromatic nitrogens is 3. The molecular weight excluding hydrogens is 454 g/mol. The molecule has 0 unspecified atom stereocenters. The lowest BCUT2D eigenvalue weighted by atomic mass is 10.1. The van der Waals surface area contributed by atoms with E-state index in [0.29, 0.717) is 40.5 Å². The topological polar surface area (TPSA) is 75.5 Å². The lowest BCUT2D eigenvalue weighted by Gasteiger charge is -2.20. The SMILES string of the molecule is COc1cc2c3c(-c4ccccn4)nccc3n(C(=O)OC(C)(C)C)c2cc1OCc1ccccc1. The van der Waals surface area contributed by atoms with Gasteiger partial charge in [0, 0.05) is 29.2 Å². The Morgan fingerprint density at radius 1 is 0.889 bits per heavy atom.